The molecule has 1 rings (SSSR count). The molecule has 0 spiro atoms. The summed E-state index contributed by atoms with van der Waals surface area (Å²) in [5.41, 5.74) is 6.53. The van der Waals surface area contributed by atoms with E-state index in [0.717, 1.165) is 5.56 Å². The van der Waals surface area contributed by atoms with Crippen molar-refractivity contribution in [2.24, 2.45) is 0 Å². The van der Waals surface area contributed by atoms with Gasteiger partial charge in [0.2, 0.25) is 0 Å². The second-order valence-corrected chi connectivity index (χ2v) is 3.22. The minimum atomic E-state index is -0.285. The van der Waals surface area contributed by atoms with Crippen molar-refractivity contribution in [2.75, 3.05) is 12.3 Å². The minimum Gasteiger partial charge on any atom is -0.466 e. The Morgan fingerprint density at radius 3 is 3.12 bits per heavy atom. The van der Waals surface area contributed by atoms with Gasteiger partial charge >= 0.3 is 5.97 Å². The summed E-state index contributed by atoms with van der Waals surface area (Å²) in [6.07, 6.45) is 5.09. The Labute approximate surface area is 99.5 Å². The summed E-state index contributed by atoms with van der Waals surface area (Å²) in [6, 6.07) is 3.56. The zero-order valence-electron chi connectivity index (χ0n) is 9.51. The monoisotopic (exact) mass is 231 g/mol. The summed E-state index contributed by atoms with van der Waals surface area (Å²) in [5.74, 6) is -0.0808. The Morgan fingerprint density at radius 1 is 1.71 bits per heavy atom. The molecule has 5 heteroatoms. The molecule has 0 atom stereocenters. The Balaban J connectivity index is 2.66. The van der Waals surface area contributed by atoms with Crippen LogP contribution in [0.2, 0.25) is 0 Å². The first-order chi connectivity index (χ1) is 8.17. The Bertz CT molecular complexity index is 475. The summed E-state index contributed by atoms with van der Waals surface area (Å²) in [5, 5.41) is 8.76. The number of hydrogen-bond acceptors (Lipinski definition) is 5. The fourth-order valence-corrected chi connectivity index (χ4v) is 1.18. The van der Waals surface area contributed by atoms with Crippen molar-refractivity contribution in [3.63, 3.8) is 0 Å². The van der Waals surface area contributed by atoms with Gasteiger partial charge in [0, 0.05) is 6.20 Å². The molecule has 88 valence electrons. The zero-order chi connectivity index (χ0) is 12.7. The van der Waals surface area contributed by atoms with Gasteiger partial charge in [-0.05, 0) is 18.6 Å². The highest BCUT2D eigenvalue weighted by Crippen LogP contribution is 2.10. The van der Waals surface area contributed by atoms with Crippen LogP contribution >= 0.6 is 0 Å². The lowest BCUT2D eigenvalue weighted by molar-refractivity contribution is -0.142. The van der Waals surface area contributed by atoms with Crippen LogP contribution in [0.1, 0.15) is 24.5 Å². The van der Waals surface area contributed by atoms with Gasteiger partial charge in [-0.3, -0.25) is 4.79 Å². The third-order valence-electron chi connectivity index (χ3n) is 1.96. The third kappa shape index (κ3) is 3.95. The van der Waals surface area contributed by atoms with Gasteiger partial charge in [-0.15, -0.1) is 0 Å². The highest BCUT2D eigenvalue weighted by atomic mass is 16.5. The molecule has 2 N–H and O–H groups in total. The average molecular weight is 231 g/mol. The smallest absolute Gasteiger partial charge is 0.309 e. The summed E-state index contributed by atoms with van der Waals surface area (Å²) in [7, 11) is 0. The Hall–Kier alpha value is -2.35. The SMILES string of the molecule is CCOC(=O)CC=Cc1cnc(N)c(C#N)c1. The predicted molar refractivity (Wildman–Crippen MR) is 63.6 cm³/mol. The lowest BCUT2D eigenvalue weighted by Crippen LogP contribution is -2.01. The van der Waals surface area contributed by atoms with Gasteiger partial charge in [0.15, 0.2) is 0 Å². The number of nitrogen functional groups attached to an aromatic ring is 1. The van der Waals surface area contributed by atoms with Crippen LogP contribution in [0.4, 0.5) is 5.82 Å². The number of carbonyl (C=O) groups excluding carboxylic acids is 1. The van der Waals surface area contributed by atoms with Gasteiger partial charge in [-0.2, -0.15) is 5.26 Å². The number of aromatic nitrogens is 1. The van der Waals surface area contributed by atoms with Crippen molar-refractivity contribution in [3.8, 4) is 6.07 Å². The molecule has 0 unspecified atom stereocenters. The molecule has 0 aliphatic heterocycles. The number of nitrogens with two attached hydrogens (primary N) is 1. The number of esters is 1. The van der Waals surface area contributed by atoms with E-state index in [9.17, 15) is 4.79 Å². The summed E-state index contributed by atoms with van der Waals surface area (Å²) in [6.45, 7) is 2.12. The molecule has 17 heavy (non-hydrogen) atoms. The molecule has 1 heterocycles. The van der Waals surface area contributed by atoms with Crippen LogP contribution in [0.15, 0.2) is 18.3 Å². The molecule has 0 aliphatic rings. The first kappa shape index (κ1) is 12.7. The second-order valence-electron chi connectivity index (χ2n) is 3.22. The Morgan fingerprint density at radius 2 is 2.47 bits per heavy atom. The summed E-state index contributed by atoms with van der Waals surface area (Å²) in [4.78, 5) is 14.9. The van der Waals surface area contributed by atoms with Crippen molar-refractivity contribution >= 4 is 17.9 Å². The number of nitriles is 1. The maximum absolute atomic E-state index is 11.0. The van der Waals surface area contributed by atoms with Crippen LogP contribution in [-0.2, 0) is 9.53 Å². The van der Waals surface area contributed by atoms with Gasteiger partial charge in [0.05, 0.1) is 18.6 Å². The van der Waals surface area contributed by atoms with E-state index in [4.69, 9.17) is 15.7 Å². The molecule has 0 radical (unpaired) electrons. The van der Waals surface area contributed by atoms with Gasteiger partial charge in [-0.1, -0.05) is 12.2 Å². The van der Waals surface area contributed by atoms with Crippen molar-refractivity contribution in [1.82, 2.24) is 4.98 Å². The van der Waals surface area contributed by atoms with Crippen LogP contribution in [0.25, 0.3) is 6.08 Å². The number of rotatable bonds is 4. The molecular weight excluding hydrogens is 218 g/mol. The van der Waals surface area contributed by atoms with E-state index in [-0.39, 0.29) is 18.2 Å². The van der Waals surface area contributed by atoms with Crippen LogP contribution in [0.5, 0.6) is 0 Å². The number of ether oxygens (including phenoxy) is 1. The highest BCUT2D eigenvalue weighted by molar-refractivity contribution is 5.72. The third-order valence-corrected chi connectivity index (χ3v) is 1.96. The largest absolute Gasteiger partial charge is 0.466 e. The van der Waals surface area contributed by atoms with E-state index >= 15 is 0 Å². The average Bonchev–Trinajstić information content (AvgIpc) is 2.31. The molecular formula is C12H13N3O2. The van der Waals surface area contributed by atoms with Crippen molar-refractivity contribution in [1.29, 1.82) is 5.26 Å². The predicted octanol–water partition coefficient (Wildman–Crippen LogP) is 1.50. The van der Waals surface area contributed by atoms with Crippen molar-refractivity contribution < 1.29 is 9.53 Å². The fraction of sp³-hybridized carbons (Fsp3) is 0.250. The van der Waals surface area contributed by atoms with E-state index < -0.39 is 0 Å². The molecule has 0 aromatic carbocycles. The minimum absolute atomic E-state index is 0.195. The molecule has 0 fully saturated rings. The van der Waals surface area contributed by atoms with Crippen LogP contribution in [-0.4, -0.2) is 17.6 Å². The van der Waals surface area contributed by atoms with Crippen LogP contribution in [0, 0.1) is 11.3 Å². The van der Waals surface area contributed by atoms with Crippen molar-refractivity contribution in [3.05, 3.63) is 29.5 Å². The zero-order valence-corrected chi connectivity index (χ0v) is 9.51. The first-order valence-corrected chi connectivity index (χ1v) is 5.15. The van der Waals surface area contributed by atoms with E-state index in [1.54, 1.807) is 25.1 Å². The molecule has 0 bridgehead atoms. The summed E-state index contributed by atoms with van der Waals surface area (Å²) < 4.78 is 4.77. The molecule has 5 nitrogen and oxygen atoms in total. The number of carbonyl (C=O) groups is 1. The van der Waals surface area contributed by atoms with Gasteiger partial charge in [-0.25, -0.2) is 4.98 Å². The summed E-state index contributed by atoms with van der Waals surface area (Å²) >= 11 is 0. The van der Waals surface area contributed by atoms with E-state index in [0.29, 0.717) is 12.2 Å². The highest BCUT2D eigenvalue weighted by Gasteiger charge is 2.00. The topological polar surface area (TPSA) is 89.0 Å². The van der Waals surface area contributed by atoms with Crippen molar-refractivity contribution in [2.45, 2.75) is 13.3 Å². The Kier molecular flexibility index (Phi) is 4.70. The van der Waals surface area contributed by atoms with Gasteiger partial charge < -0.3 is 10.5 Å². The molecule has 0 saturated carbocycles. The molecule has 1 aromatic rings. The molecule has 1 aromatic heterocycles. The van der Waals surface area contributed by atoms with Crippen LogP contribution in [0.3, 0.4) is 0 Å². The standard InChI is InChI=1S/C12H13N3O2/c1-2-17-11(16)5-3-4-9-6-10(7-13)12(14)15-8-9/h3-4,6,8H,2,5H2,1H3,(H2,14,15). The van der Waals surface area contributed by atoms with E-state index in [1.807, 2.05) is 6.07 Å². The maximum Gasteiger partial charge on any atom is 0.309 e. The quantitative estimate of drug-likeness (QED) is 0.793. The fourth-order valence-electron chi connectivity index (χ4n) is 1.18. The second kappa shape index (κ2) is 6.28. The number of nitrogens with zero attached hydrogens (tertiary/aromatic N) is 2. The van der Waals surface area contributed by atoms with E-state index in [2.05, 4.69) is 4.98 Å². The van der Waals surface area contributed by atoms with Gasteiger partial charge in [0.25, 0.3) is 0 Å². The lowest BCUT2D eigenvalue weighted by atomic mass is 10.2. The maximum atomic E-state index is 11.0. The number of pyridine rings is 1. The number of anilines is 1. The normalized spacial score (nSPS) is 10.1. The van der Waals surface area contributed by atoms with Gasteiger partial charge in [0.1, 0.15) is 11.9 Å². The molecule has 0 saturated heterocycles. The molecule has 0 aliphatic carbocycles. The lowest BCUT2D eigenvalue weighted by Gasteiger charge is -1.98. The molecule has 0 amide bonds. The number of hydrogen-bond donors (Lipinski definition) is 1. The first-order valence-electron chi connectivity index (χ1n) is 5.15. The van der Waals surface area contributed by atoms with E-state index in [1.165, 1.54) is 6.20 Å². The van der Waals surface area contributed by atoms with Crippen LogP contribution < -0.4 is 5.73 Å².